The van der Waals surface area contributed by atoms with E-state index in [2.05, 4.69) is 10.2 Å². The van der Waals surface area contributed by atoms with Gasteiger partial charge >= 0.3 is 0 Å². The standard InChI is InChI=1S/C20H22N2O4/c23-17-11-19-18(25-13-26-19)10-15(17)12-22-8-6-14(7-9-22)20(24)21-16-4-2-1-3-5-16/h1-5,10-11,14,23H,6-9,12-13H2,(H,21,24). The van der Waals surface area contributed by atoms with Crippen LogP contribution in [-0.4, -0.2) is 35.8 Å². The Labute approximate surface area is 152 Å². The van der Waals surface area contributed by atoms with E-state index in [0.717, 1.165) is 37.2 Å². The van der Waals surface area contributed by atoms with Crippen LogP contribution in [0.5, 0.6) is 17.2 Å². The summed E-state index contributed by atoms with van der Waals surface area (Å²) in [4.78, 5) is 14.7. The molecular weight excluding hydrogens is 332 g/mol. The van der Waals surface area contributed by atoms with Gasteiger partial charge in [0.25, 0.3) is 0 Å². The molecule has 26 heavy (non-hydrogen) atoms. The molecule has 2 aliphatic heterocycles. The number of nitrogens with one attached hydrogen (secondary N) is 1. The molecule has 0 atom stereocenters. The van der Waals surface area contributed by atoms with E-state index >= 15 is 0 Å². The molecule has 0 spiro atoms. The number of nitrogens with zero attached hydrogens (tertiary/aromatic N) is 1. The number of para-hydroxylation sites is 1. The zero-order valence-electron chi connectivity index (χ0n) is 14.5. The second-order valence-corrected chi connectivity index (χ2v) is 6.74. The third-order valence-corrected chi connectivity index (χ3v) is 4.97. The number of rotatable bonds is 4. The highest BCUT2D eigenvalue weighted by Crippen LogP contribution is 2.38. The number of hydrogen-bond acceptors (Lipinski definition) is 5. The highest BCUT2D eigenvalue weighted by Gasteiger charge is 2.26. The number of phenolic OH excluding ortho intramolecular Hbond substituents is 1. The summed E-state index contributed by atoms with van der Waals surface area (Å²) >= 11 is 0. The van der Waals surface area contributed by atoms with Gasteiger partial charge in [0.05, 0.1) is 0 Å². The highest BCUT2D eigenvalue weighted by molar-refractivity contribution is 5.92. The SMILES string of the molecule is O=C(Nc1ccccc1)C1CCN(Cc2cc3c(cc2O)OCO3)CC1. The molecule has 1 saturated heterocycles. The average molecular weight is 354 g/mol. The van der Waals surface area contributed by atoms with E-state index in [1.807, 2.05) is 36.4 Å². The molecule has 2 aliphatic rings. The van der Waals surface area contributed by atoms with Gasteiger partial charge < -0.3 is 19.9 Å². The Morgan fingerprint density at radius 1 is 1.12 bits per heavy atom. The number of amides is 1. The van der Waals surface area contributed by atoms with Crippen molar-refractivity contribution in [3.05, 3.63) is 48.0 Å². The summed E-state index contributed by atoms with van der Waals surface area (Å²) < 4.78 is 10.7. The first-order valence-corrected chi connectivity index (χ1v) is 8.89. The molecule has 0 aromatic heterocycles. The molecule has 0 saturated carbocycles. The van der Waals surface area contributed by atoms with E-state index in [1.165, 1.54) is 0 Å². The van der Waals surface area contributed by atoms with Crippen LogP contribution in [0.25, 0.3) is 0 Å². The summed E-state index contributed by atoms with van der Waals surface area (Å²) in [6, 6.07) is 13.0. The van der Waals surface area contributed by atoms with Crippen molar-refractivity contribution >= 4 is 11.6 Å². The van der Waals surface area contributed by atoms with Crippen molar-refractivity contribution < 1.29 is 19.4 Å². The highest BCUT2D eigenvalue weighted by atomic mass is 16.7. The van der Waals surface area contributed by atoms with E-state index in [1.54, 1.807) is 6.07 Å². The van der Waals surface area contributed by atoms with Crippen molar-refractivity contribution in [2.45, 2.75) is 19.4 Å². The molecule has 0 bridgehead atoms. The summed E-state index contributed by atoms with van der Waals surface area (Å²) in [5.74, 6) is 1.59. The van der Waals surface area contributed by atoms with Crippen molar-refractivity contribution in [3.8, 4) is 17.2 Å². The number of piperidine rings is 1. The average Bonchev–Trinajstić information content (AvgIpc) is 3.10. The molecule has 136 valence electrons. The van der Waals surface area contributed by atoms with Crippen LogP contribution in [0.15, 0.2) is 42.5 Å². The van der Waals surface area contributed by atoms with E-state index in [4.69, 9.17) is 9.47 Å². The number of carbonyl (C=O) groups is 1. The van der Waals surface area contributed by atoms with Gasteiger partial charge in [0.1, 0.15) is 5.75 Å². The van der Waals surface area contributed by atoms with Gasteiger partial charge in [0.15, 0.2) is 11.5 Å². The minimum absolute atomic E-state index is 0.0248. The van der Waals surface area contributed by atoms with Crippen LogP contribution in [0.1, 0.15) is 18.4 Å². The van der Waals surface area contributed by atoms with E-state index in [-0.39, 0.29) is 24.4 Å². The number of fused-ring (bicyclic) bond motifs is 1. The summed E-state index contributed by atoms with van der Waals surface area (Å²) in [5.41, 5.74) is 1.66. The number of carbonyl (C=O) groups excluding carboxylic acids is 1. The third-order valence-electron chi connectivity index (χ3n) is 4.97. The molecule has 2 aromatic rings. The number of ether oxygens (including phenoxy) is 2. The lowest BCUT2D eigenvalue weighted by molar-refractivity contribution is -0.121. The number of likely N-dealkylation sites (tertiary alicyclic amines) is 1. The van der Waals surface area contributed by atoms with Crippen LogP contribution in [-0.2, 0) is 11.3 Å². The maximum absolute atomic E-state index is 12.4. The third kappa shape index (κ3) is 3.60. The molecule has 4 rings (SSSR count). The monoisotopic (exact) mass is 354 g/mol. The Hall–Kier alpha value is -2.73. The Morgan fingerprint density at radius 2 is 1.81 bits per heavy atom. The van der Waals surface area contributed by atoms with Gasteiger partial charge in [-0.3, -0.25) is 9.69 Å². The van der Waals surface area contributed by atoms with Gasteiger partial charge in [-0.15, -0.1) is 0 Å². The van der Waals surface area contributed by atoms with Crippen LogP contribution in [0, 0.1) is 5.92 Å². The zero-order valence-corrected chi connectivity index (χ0v) is 14.5. The van der Waals surface area contributed by atoms with Crippen molar-refractivity contribution in [2.75, 3.05) is 25.2 Å². The van der Waals surface area contributed by atoms with E-state index < -0.39 is 0 Å². The fraction of sp³-hybridized carbons (Fsp3) is 0.350. The maximum atomic E-state index is 12.4. The lowest BCUT2D eigenvalue weighted by Crippen LogP contribution is -2.37. The smallest absolute Gasteiger partial charge is 0.231 e. The fourth-order valence-corrected chi connectivity index (χ4v) is 3.46. The number of phenols is 1. The first-order valence-electron chi connectivity index (χ1n) is 8.89. The molecule has 2 aromatic carbocycles. The van der Waals surface area contributed by atoms with Crippen LogP contribution >= 0.6 is 0 Å². The van der Waals surface area contributed by atoms with Crippen molar-refractivity contribution in [1.82, 2.24) is 4.90 Å². The Morgan fingerprint density at radius 3 is 2.54 bits per heavy atom. The predicted octanol–water partition coefficient (Wildman–Crippen LogP) is 2.97. The summed E-state index contributed by atoms with van der Waals surface area (Å²) in [7, 11) is 0. The molecule has 2 N–H and O–H groups in total. The van der Waals surface area contributed by atoms with E-state index in [0.29, 0.717) is 18.0 Å². The molecule has 0 unspecified atom stereocenters. The Bertz CT molecular complexity index is 786. The van der Waals surface area contributed by atoms with Gasteiger partial charge in [-0.05, 0) is 44.1 Å². The molecule has 2 heterocycles. The van der Waals surface area contributed by atoms with Gasteiger partial charge in [-0.25, -0.2) is 0 Å². The minimum atomic E-state index is 0.0248. The molecule has 6 nitrogen and oxygen atoms in total. The second kappa shape index (κ2) is 7.25. The maximum Gasteiger partial charge on any atom is 0.231 e. The molecular formula is C20H22N2O4. The molecule has 0 radical (unpaired) electrons. The number of anilines is 1. The van der Waals surface area contributed by atoms with Gasteiger partial charge in [0, 0.05) is 29.8 Å². The number of hydrogen-bond donors (Lipinski definition) is 2. The lowest BCUT2D eigenvalue weighted by atomic mass is 9.95. The Balaban J connectivity index is 1.32. The van der Waals surface area contributed by atoms with Crippen molar-refractivity contribution in [2.24, 2.45) is 5.92 Å². The van der Waals surface area contributed by atoms with E-state index in [9.17, 15) is 9.90 Å². The summed E-state index contributed by atoms with van der Waals surface area (Å²) in [6.45, 7) is 2.47. The molecule has 0 aliphatic carbocycles. The summed E-state index contributed by atoms with van der Waals surface area (Å²) in [5, 5.41) is 13.2. The molecule has 1 amide bonds. The Kier molecular flexibility index (Phi) is 4.67. The van der Waals surface area contributed by atoms with Gasteiger partial charge in [-0.1, -0.05) is 18.2 Å². The number of aromatic hydroxyl groups is 1. The van der Waals surface area contributed by atoms with Crippen molar-refractivity contribution in [1.29, 1.82) is 0 Å². The largest absolute Gasteiger partial charge is 0.507 e. The first kappa shape index (κ1) is 16.7. The van der Waals surface area contributed by atoms with Crippen LogP contribution in [0.4, 0.5) is 5.69 Å². The van der Waals surface area contributed by atoms with Gasteiger partial charge in [-0.2, -0.15) is 0 Å². The van der Waals surface area contributed by atoms with Crippen LogP contribution < -0.4 is 14.8 Å². The summed E-state index contributed by atoms with van der Waals surface area (Å²) in [6.07, 6.45) is 1.62. The van der Waals surface area contributed by atoms with Crippen LogP contribution in [0.2, 0.25) is 0 Å². The van der Waals surface area contributed by atoms with Gasteiger partial charge in [0.2, 0.25) is 12.7 Å². The minimum Gasteiger partial charge on any atom is -0.507 e. The molecule has 6 heteroatoms. The van der Waals surface area contributed by atoms with Crippen molar-refractivity contribution in [3.63, 3.8) is 0 Å². The fourth-order valence-electron chi connectivity index (χ4n) is 3.46. The lowest BCUT2D eigenvalue weighted by Gasteiger charge is -2.31. The van der Waals surface area contributed by atoms with Crippen LogP contribution in [0.3, 0.4) is 0 Å². The number of benzene rings is 2. The topological polar surface area (TPSA) is 71.0 Å². The molecule has 1 fully saturated rings. The predicted molar refractivity (Wildman–Crippen MR) is 97.3 cm³/mol. The second-order valence-electron chi connectivity index (χ2n) is 6.74. The normalized spacial score (nSPS) is 17.2. The quantitative estimate of drug-likeness (QED) is 0.883. The first-order chi connectivity index (χ1) is 12.7. The zero-order chi connectivity index (χ0) is 17.9.